The molecule has 4 amide bonds. The van der Waals surface area contributed by atoms with E-state index in [0.717, 1.165) is 29.0 Å². The maximum Gasteiger partial charge on any atom is 0.335 e. The Morgan fingerprint density at radius 2 is 1.92 bits per heavy atom. The van der Waals surface area contributed by atoms with Crippen molar-refractivity contribution in [1.29, 1.82) is 0 Å². The number of benzene rings is 1. The van der Waals surface area contributed by atoms with Crippen molar-refractivity contribution in [2.75, 3.05) is 32.1 Å². The number of urea groups is 1. The Labute approximate surface area is 147 Å². The summed E-state index contributed by atoms with van der Waals surface area (Å²) in [4.78, 5) is 44.0. The van der Waals surface area contributed by atoms with Crippen LogP contribution >= 0.6 is 0 Å². The number of anilines is 1. The maximum absolute atomic E-state index is 12.7. The number of nitrogens with one attached hydrogen (secondary N) is 1. The monoisotopic (exact) mass is 344 g/mol. The van der Waals surface area contributed by atoms with Gasteiger partial charge >= 0.3 is 6.03 Å². The number of carbonyl (C=O) groups is 3. The Kier molecular flexibility index (Phi) is 6.03. The molecule has 1 aliphatic rings. The summed E-state index contributed by atoms with van der Waals surface area (Å²) in [5.74, 6) is -2.29. The molecular formula is C18H24N4O3. The number of hydrogen-bond acceptors (Lipinski definition) is 5. The SMILES string of the molecule is Cc1ccc(N2C(=O)NC(=O)[C@@H](C=NCCCN(C)C)C2=O)cc1C. The van der Waals surface area contributed by atoms with Crippen molar-refractivity contribution in [3.63, 3.8) is 0 Å². The van der Waals surface area contributed by atoms with Gasteiger partial charge in [0.05, 0.1) is 5.69 Å². The molecule has 7 nitrogen and oxygen atoms in total. The quantitative estimate of drug-likeness (QED) is 0.482. The average molecular weight is 344 g/mol. The van der Waals surface area contributed by atoms with Crippen LogP contribution in [0.15, 0.2) is 23.2 Å². The number of carbonyl (C=O) groups excluding carboxylic acids is 3. The third-order valence-corrected chi connectivity index (χ3v) is 4.10. The molecule has 1 aromatic rings. The molecule has 0 unspecified atom stereocenters. The molecule has 1 heterocycles. The molecular weight excluding hydrogens is 320 g/mol. The van der Waals surface area contributed by atoms with Crippen LogP contribution in [0.25, 0.3) is 0 Å². The predicted molar refractivity (Wildman–Crippen MR) is 97.0 cm³/mol. The van der Waals surface area contributed by atoms with E-state index in [9.17, 15) is 14.4 Å². The van der Waals surface area contributed by atoms with Crippen LogP contribution in [0.1, 0.15) is 17.5 Å². The largest absolute Gasteiger partial charge is 0.335 e. The molecule has 1 aromatic carbocycles. The molecule has 0 aliphatic carbocycles. The molecule has 1 fully saturated rings. The Morgan fingerprint density at radius 3 is 2.56 bits per heavy atom. The van der Waals surface area contributed by atoms with Gasteiger partial charge in [0.1, 0.15) is 0 Å². The molecule has 0 spiro atoms. The Balaban J connectivity index is 2.15. The highest BCUT2D eigenvalue weighted by Crippen LogP contribution is 2.22. The zero-order valence-electron chi connectivity index (χ0n) is 15.1. The van der Waals surface area contributed by atoms with Crippen LogP contribution in [0.4, 0.5) is 10.5 Å². The molecule has 2 rings (SSSR count). The Bertz CT molecular complexity index is 712. The molecule has 1 saturated heterocycles. The fraction of sp³-hybridized carbons (Fsp3) is 0.444. The summed E-state index contributed by atoms with van der Waals surface area (Å²) in [5, 5.41) is 2.23. The van der Waals surface area contributed by atoms with Gasteiger partial charge in [-0.3, -0.25) is 19.9 Å². The number of amides is 4. The summed E-state index contributed by atoms with van der Waals surface area (Å²) < 4.78 is 0. The van der Waals surface area contributed by atoms with Crippen LogP contribution in [0.2, 0.25) is 0 Å². The maximum atomic E-state index is 12.7. The van der Waals surface area contributed by atoms with Gasteiger partial charge in [-0.2, -0.15) is 0 Å². The first-order valence-electron chi connectivity index (χ1n) is 8.22. The van der Waals surface area contributed by atoms with Crippen LogP contribution in [0, 0.1) is 19.8 Å². The lowest BCUT2D eigenvalue weighted by Gasteiger charge is -2.28. The smallest absolute Gasteiger partial charge is 0.309 e. The number of rotatable bonds is 6. The van der Waals surface area contributed by atoms with Gasteiger partial charge in [-0.25, -0.2) is 9.69 Å². The predicted octanol–water partition coefficient (Wildman–Crippen LogP) is 1.52. The summed E-state index contributed by atoms with van der Waals surface area (Å²) in [5.41, 5.74) is 2.47. The summed E-state index contributed by atoms with van der Waals surface area (Å²) in [6, 6.07) is 4.57. The summed E-state index contributed by atoms with van der Waals surface area (Å²) in [7, 11) is 3.93. The molecule has 0 bridgehead atoms. The van der Waals surface area contributed by atoms with Crippen LogP contribution in [-0.2, 0) is 9.59 Å². The van der Waals surface area contributed by atoms with Gasteiger partial charge in [-0.05, 0) is 64.2 Å². The normalized spacial score (nSPS) is 18.4. The van der Waals surface area contributed by atoms with Gasteiger partial charge < -0.3 is 4.90 Å². The number of aryl methyl sites for hydroxylation is 2. The summed E-state index contributed by atoms with van der Waals surface area (Å²) in [6.07, 6.45) is 2.17. The van der Waals surface area contributed by atoms with Gasteiger partial charge in [0, 0.05) is 12.8 Å². The van der Waals surface area contributed by atoms with Crippen LogP contribution < -0.4 is 10.2 Å². The van der Waals surface area contributed by atoms with Gasteiger partial charge in [-0.15, -0.1) is 0 Å². The van der Waals surface area contributed by atoms with Crippen molar-refractivity contribution in [2.24, 2.45) is 10.9 Å². The molecule has 0 radical (unpaired) electrons. The first-order valence-corrected chi connectivity index (χ1v) is 8.22. The van der Waals surface area contributed by atoms with E-state index in [4.69, 9.17) is 0 Å². The lowest BCUT2D eigenvalue weighted by molar-refractivity contribution is -0.131. The highest BCUT2D eigenvalue weighted by Gasteiger charge is 2.40. The fourth-order valence-corrected chi connectivity index (χ4v) is 2.49. The van der Waals surface area contributed by atoms with Crippen molar-refractivity contribution in [3.05, 3.63) is 29.3 Å². The van der Waals surface area contributed by atoms with E-state index >= 15 is 0 Å². The van der Waals surface area contributed by atoms with E-state index in [-0.39, 0.29) is 0 Å². The van der Waals surface area contributed by atoms with E-state index in [0.29, 0.717) is 12.2 Å². The first-order chi connectivity index (χ1) is 11.8. The van der Waals surface area contributed by atoms with Gasteiger partial charge in [0.25, 0.3) is 5.91 Å². The second-order valence-corrected chi connectivity index (χ2v) is 6.43. The lowest BCUT2D eigenvalue weighted by atomic mass is 10.0. The number of imide groups is 2. The Morgan fingerprint density at radius 1 is 1.20 bits per heavy atom. The van der Waals surface area contributed by atoms with Crippen LogP contribution in [0.3, 0.4) is 0 Å². The topological polar surface area (TPSA) is 82.1 Å². The van der Waals surface area contributed by atoms with E-state index in [1.165, 1.54) is 6.21 Å². The third-order valence-electron chi connectivity index (χ3n) is 4.10. The highest BCUT2D eigenvalue weighted by atomic mass is 16.2. The second-order valence-electron chi connectivity index (χ2n) is 6.43. The minimum Gasteiger partial charge on any atom is -0.309 e. The number of aliphatic imine (C=N–C) groups is 1. The standard InChI is InChI=1S/C18H24N4O3/c1-12-6-7-14(10-13(12)2)22-17(24)15(16(23)20-18(22)25)11-19-8-5-9-21(3)4/h6-7,10-11,15H,5,8-9H2,1-4H3,(H,20,23,25)/t15-/m1/s1. The number of hydrogen-bond donors (Lipinski definition) is 1. The molecule has 25 heavy (non-hydrogen) atoms. The number of barbiturate groups is 1. The first kappa shape index (κ1) is 18.8. The van der Waals surface area contributed by atoms with Crippen molar-refractivity contribution in [2.45, 2.75) is 20.3 Å². The van der Waals surface area contributed by atoms with Crippen LogP contribution in [0.5, 0.6) is 0 Å². The zero-order chi connectivity index (χ0) is 18.6. The molecule has 0 aromatic heterocycles. The molecule has 1 N–H and O–H groups in total. The molecule has 7 heteroatoms. The minimum atomic E-state index is -1.08. The molecule has 0 saturated carbocycles. The molecule has 1 atom stereocenters. The number of nitrogens with zero attached hydrogens (tertiary/aromatic N) is 3. The van der Waals surface area contributed by atoms with Gasteiger partial charge in [0.15, 0.2) is 5.92 Å². The van der Waals surface area contributed by atoms with Crippen molar-refractivity contribution < 1.29 is 14.4 Å². The minimum absolute atomic E-state index is 0.448. The van der Waals surface area contributed by atoms with E-state index in [1.54, 1.807) is 12.1 Å². The molecule has 1 aliphatic heterocycles. The third kappa shape index (κ3) is 4.51. The highest BCUT2D eigenvalue weighted by molar-refractivity contribution is 6.32. The van der Waals surface area contributed by atoms with E-state index < -0.39 is 23.8 Å². The van der Waals surface area contributed by atoms with Crippen molar-refractivity contribution in [3.8, 4) is 0 Å². The summed E-state index contributed by atoms with van der Waals surface area (Å²) >= 11 is 0. The van der Waals surface area contributed by atoms with Gasteiger partial charge in [0.2, 0.25) is 5.91 Å². The van der Waals surface area contributed by atoms with E-state index in [2.05, 4.69) is 10.3 Å². The average Bonchev–Trinajstić information content (AvgIpc) is 2.52. The molecule has 134 valence electrons. The lowest BCUT2D eigenvalue weighted by Crippen LogP contribution is -2.58. The Hall–Kier alpha value is -2.54. The fourth-order valence-electron chi connectivity index (χ4n) is 2.49. The van der Waals surface area contributed by atoms with Crippen molar-refractivity contribution >= 4 is 29.7 Å². The summed E-state index contributed by atoms with van der Waals surface area (Å²) in [6.45, 7) is 5.24. The second kappa shape index (κ2) is 8.02. The zero-order valence-corrected chi connectivity index (χ0v) is 15.1. The van der Waals surface area contributed by atoms with Gasteiger partial charge in [-0.1, -0.05) is 6.07 Å². The van der Waals surface area contributed by atoms with E-state index in [1.807, 2.05) is 38.9 Å². The van der Waals surface area contributed by atoms with Crippen molar-refractivity contribution in [1.82, 2.24) is 10.2 Å². The van der Waals surface area contributed by atoms with Crippen LogP contribution in [-0.4, -0.2) is 56.1 Å².